The van der Waals surface area contributed by atoms with Gasteiger partial charge in [0.1, 0.15) is 55.3 Å². The van der Waals surface area contributed by atoms with E-state index in [-0.39, 0.29) is 86.3 Å². The molecule has 114 heavy (non-hydrogen) atoms. The van der Waals surface area contributed by atoms with Crippen molar-refractivity contribution in [1.82, 2.24) is 44.4 Å². The molecule has 6 aliphatic heterocycles. The van der Waals surface area contributed by atoms with Crippen molar-refractivity contribution in [3.8, 4) is 0 Å². The second-order valence-electron chi connectivity index (χ2n) is 27.3. The van der Waals surface area contributed by atoms with Crippen LogP contribution < -0.4 is 50.1 Å². The highest BCUT2D eigenvalue weighted by atomic mass is 31.2. The Bertz CT molecular complexity index is 4430. The first-order valence-corrected chi connectivity index (χ1v) is 42.8. The fourth-order valence-corrected chi connectivity index (χ4v) is 15.5. The van der Waals surface area contributed by atoms with E-state index in [1.165, 1.54) is 52.4 Å². The largest absolute Gasteiger partial charge is 0.472 e. The third kappa shape index (κ3) is 28.8. The summed E-state index contributed by atoms with van der Waals surface area (Å²) >= 11 is 0. The molecule has 0 saturated carbocycles. The maximum Gasteiger partial charge on any atom is 0.472 e. The number of imide groups is 2. The van der Waals surface area contributed by atoms with Crippen molar-refractivity contribution in [2.75, 3.05) is 52.7 Å². The van der Waals surface area contributed by atoms with Crippen molar-refractivity contribution in [1.29, 1.82) is 0 Å². The highest BCUT2D eigenvalue weighted by molar-refractivity contribution is 7.48. The number of nitrogens with one attached hydrogen (secondary N) is 5. The predicted molar refractivity (Wildman–Crippen MR) is 390 cm³/mol. The van der Waals surface area contributed by atoms with E-state index in [1.54, 1.807) is 0 Å². The Morgan fingerprint density at radius 1 is 0.526 bits per heavy atom. The molecule has 3 aromatic heterocycles. The number of aromatic nitrogens is 6. The van der Waals surface area contributed by atoms with Crippen molar-refractivity contribution in [3.05, 3.63) is 109 Å². The number of H-pyrrole nitrogens is 3. The van der Waals surface area contributed by atoms with Gasteiger partial charge in [-0.1, -0.05) is 45.6 Å². The number of aliphatic hydroxyl groups is 2. The smallest absolute Gasteiger partial charge is 0.390 e. The van der Waals surface area contributed by atoms with Crippen LogP contribution in [0.3, 0.4) is 0 Å². The number of carbonyl (C=O) groups is 6. The van der Waals surface area contributed by atoms with Crippen LogP contribution >= 0.6 is 31.3 Å². The molecule has 5 amide bonds. The van der Waals surface area contributed by atoms with Crippen LogP contribution in [0.2, 0.25) is 0 Å². The summed E-state index contributed by atoms with van der Waals surface area (Å²) in [6.45, 7) is 7.81. The zero-order chi connectivity index (χ0) is 84.0. The van der Waals surface area contributed by atoms with Crippen LogP contribution in [-0.2, 0) is 107 Å². The summed E-state index contributed by atoms with van der Waals surface area (Å²) in [5.41, 5.74) is 1.97. The minimum atomic E-state index is -4.99. The number of phosphoric acid groups is 4. The molecular formula is C65H100N10O35P4. The minimum Gasteiger partial charge on any atom is -0.390 e. The van der Waals surface area contributed by atoms with Crippen LogP contribution in [0.5, 0.6) is 0 Å². The number of aryl methyl sites for hydroxylation is 3. The SMILES string of the molecule is CCCC(=O)NCCCCCCOP(=O)(O)OCC1OC(n2cc(C)c(=O)[nH]c2=O)CC1OP(=O)(O)OCC1OC(C2C=C(C)C(=O)NC2=O)CC1O.CCCC(=O)ON1C(=O)CCC1=O.Cc1cn(C2CC(O)C(COP(=O)(O)OC3CC(n4cc(C)c(=O)[nH]c4=O)OC3COP(=O)(O)OCCCCCCN)O2)c(=O)[nH]c1=O. The normalized spacial score (nSPS) is 26.3. The highest BCUT2D eigenvalue weighted by Gasteiger charge is 2.48. The number of unbranched alkanes of at least 4 members (excludes halogenated alkanes) is 6. The summed E-state index contributed by atoms with van der Waals surface area (Å²) in [4.78, 5) is 194. The van der Waals surface area contributed by atoms with Gasteiger partial charge >= 0.3 is 54.3 Å². The number of hydrogen-bond acceptors (Lipinski definition) is 32. The number of nitrogens with two attached hydrogens (primary N) is 1. The van der Waals surface area contributed by atoms with Gasteiger partial charge < -0.3 is 64.6 Å². The maximum absolute atomic E-state index is 13.1. The van der Waals surface area contributed by atoms with Crippen molar-refractivity contribution < 1.29 is 137 Å². The molecule has 49 heteroatoms. The molecule has 17 atom stereocenters. The van der Waals surface area contributed by atoms with Gasteiger partial charge in [0.25, 0.3) is 34.4 Å². The number of aromatic amines is 3. The molecule has 0 aromatic carbocycles. The van der Waals surface area contributed by atoms with Crippen molar-refractivity contribution in [3.63, 3.8) is 0 Å². The van der Waals surface area contributed by atoms with Crippen LogP contribution in [0.25, 0.3) is 0 Å². The number of amides is 5. The lowest BCUT2D eigenvalue weighted by Gasteiger charge is -2.24. The highest BCUT2D eigenvalue weighted by Crippen LogP contribution is 2.52. The molecule has 0 radical (unpaired) electrons. The summed E-state index contributed by atoms with van der Waals surface area (Å²) in [7, 11) is -19.2. The molecule has 9 heterocycles. The molecule has 13 N–H and O–H groups in total. The Balaban J connectivity index is 0.000000273. The second-order valence-corrected chi connectivity index (χ2v) is 33.1. The van der Waals surface area contributed by atoms with Crippen LogP contribution in [0.4, 0.5) is 0 Å². The van der Waals surface area contributed by atoms with E-state index in [4.69, 9.17) is 60.9 Å². The third-order valence-corrected chi connectivity index (χ3v) is 22.2. The second kappa shape index (κ2) is 43.6. The van der Waals surface area contributed by atoms with Gasteiger partial charge in [-0.3, -0.25) is 109 Å². The zero-order valence-electron chi connectivity index (χ0n) is 63.4. The predicted octanol–water partition coefficient (Wildman–Crippen LogP) is 1.17. The lowest BCUT2D eigenvalue weighted by Crippen LogP contribution is -2.44. The van der Waals surface area contributed by atoms with Gasteiger partial charge in [-0.15, -0.1) is 5.06 Å². The molecule has 0 spiro atoms. The molecule has 9 rings (SSSR count). The third-order valence-electron chi connectivity index (χ3n) is 18.2. The fourth-order valence-electron chi connectivity index (χ4n) is 12.1. The van der Waals surface area contributed by atoms with E-state index >= 15 is 0 Å². The Kier molecular flexibility index (Phi) is 36.0. The number of nitrogens with zero attached hydrogens (tertiary/aromatic N) is 4. The molecule has 640 valence electrons. The van der Waals surface area contributed by atoms with Gasteiger partial charge in [0, 0.05) is 98.8 Å². The Morgan fingerprint density at radius 2 is 0.930 bits per heavy atom. The van der Waals surface area contributed by atoms with E-state index < -0.39 is 201 Å². The lowest BCUT2D eigenvalue weighted by molar-refractivity contribution is -0.197. The Morgan fingerprint density at radius 3 is 1.39 bits per heavy atom. The first-order valence-electron chi connectivity index (χ1n) is 36.8. The van der Waals surface area contributed by atoms with Gasteiger partial charge in [0.2, 0.25) is 11.8 Å². The van der Waals surface area contributed by atoms with Crippen LogP contribution in [-0.4, -0.2) is 207 Å². The van der Waals surface area contributed by atoms with Crippen LogP contribution in [0.1, 0.15) is 172 Å². The van der Waals surface area contributed by atoms with Crippen molar-refractivity contribution >= 4 is 66.8 Å². The first-order chi connectivity index (χ1) is 53.7. The van der Waals surface area contributed by atoms with Gasteiger partial charge in [0.15, 0.2) is 0 Å². The first kappa shape index (κ1) is 94.3. The molecule has 5 saturated heterocycles. The van der Waals surface area contributed by atoms with E-state index in [1.807, 2.05) is 13.8 Å². The number of carbonyl (C=O) groups excluding carboxylic acids is 6. The van der Waals surface area contributed by atoms with E-state index in [0.717, 1.165) is 45.8 Å². The fraction of sp³-hybridized carbons (Fsp3) is 0.692. The summed E-state index contributed by atoms with van der Waals surface area (Å²) in [6, 6.07) is 0. The van der Waals surface area contributed by atoms with Crippen LogP contribution in [0, 0.1) is 26.7 Å². The quantitative estimate of drug-likeness (QED) is 0.0216. The van der Waals surface area contributed by atoms with Gasteiger partial charge in [-0.2, -0.15) is 0 Å². The average molecular weight is 1710 g/mol. The molecule has 6 aliphatic rings. The molecule has 17 unspecified atom stereocenters. The molecule has 5 fully saturated rings. The van der Waals surface area contributed by atoms with Gasteiger partial charge in [0.05, 0.1) is 63.9 Å². The molecule has 0 bridgehead atoms. The van der Waals surface area contributed by atoms with Gasteiger partial charge in [-0.25, -0.2) is 37.4 Å². The van der Waals surface area contributed by atoms with E-state index in [9.17, 15) is 106 Å². The maximum atomic E-state index is 13.1. The monoisotopic (exact) mass is 1700 g/mol. The van der Waals surface area contributed by atoms with Crippen molar-refractivity contribution in [2.45, 2.75) is 231 Å². The molecule has 0 aliphatic carbocycles. The Hall–Kier alpha value is -6.84. The number of aliphatic hydroxyl groups excluding tert-OH is 2. The number of hydroxylamine groups is 2. The van der Waals surface area contributed by atoms with Crippen LogP contribution in [0.15, 0.2) is 59.0 Å². The summed E-state index contributed by atoms with van der Waals surface area (Å²) in [5, 5.41) is 26.6. The van der Waals surface area contributed by atoms with Gasteiger partial charge in [-0.05, 0) is 72.8 Å². The van der Waals surface area contributed by atoms with Crippen molar-refractivity contribution in [2.24, 2.45) is 11.7 Å². The number of hydrogen-bond donors (Lipinski definition) is 12. The summed E-state index contributed by atoms with van der Waals surface area (Å²) < 4.78 is 119. The average Bonchev–Trinajstić information content (AvgIpc) is 1.66. The van der Waals surface area contributed by atoms with E-state index in [0.29, 0.717) is 56.7 Å². The molecular weight excluding hydrogens is 1600 g/mol. The number of phosphoric ester groups is 4. The standard InChI is InChI=1S/C31H48N4O16P2.C26H41N5O15P2.C8H11NO4/c1-4-9-26(37)32-10-7-5-6-8-11-46-52(42,43)47-17-25-23(14-27(50-25)35-15-19(3)29(39)34-31(35)41)51-53(44,45)48-16-24-21(36)13-22(49-24)20-12-18(2)28(38)33-30(20)40;1-15-11-30(25(35)28-23(15)33)21-9-17(32)19(44-21)13-43-48(39,40)46-18-10-22(31-12-16(2)24(34)29-26(31)36)45-20(18)14-42-47(37,38)41-8-6-4-3-5-7-27;1-2-3-8(12)13-9-6(10)4-5-7(9)11/h12,15,20-25,27,36H,4-11,13-14,16-17H2,1-3H3,(H,32,37)(H,42,43)(H,44,45)(H,33,38,40)(H,34,39,41);11-12,17-22,32H,3-10,13-14,27H2,1-2H3,(H,37,38)(H,39,40)(H,28,33,35)(H,29,34,36);2-5H2,1H3. The number of ether oxygens (including phenoxy) is 4. The zero-order valence-corrected chi connectivity index (χ0v) is 67.0. The topological polar surface area (TPSA) is 630 Å². The molecule has 45 nitrogen and oxygen atoms in total. The minimum absolute atomic E-state index is 0.0112. The van der Waals surface area contributed by atoms with E-state index in [2.05, 4.69) is 30.4 Å². The molecule has 3 aromatic rings. The lowest BCUT2D eigenvalue weighted by atomic mass is 9.93. The summed E-state index contributed by atoms with van der Waals surface area (Å²) in [6.07, 6.45) is -2.13. The number of rotatable bonds is 40. The Labute approximate surface area is 650 Å². The summed E-state index contributed by atoms with van der Waals surface area (Å²) in [5.74, 6) is -3.47.